The fourth-order valence-electron chi connectivity index (χ4n) is 1.64. The third kappa shape index (κ3) is 8.81. The first kappa shape index (κ1) is 34.0. The summed E-state index contributed by atoms with van der Waals surface area (Å²) in [6, 6.07) is 0. The van der Waals surface area contributed by atoms with E-state index in [1.807, 2.05) is 0 Å². The van der Waals surface area contributed by atoms with Gasteiger partial charge in [-0.2, -0.15) is 65.9 Å². The Labute approximate surface area is 189 Å². The molecule has 0 aliphatic heterocycles. The Balaban J connectivity index is 5.28. The second-order valence-electron chi connectivity index (χ2n) is 6.27. The highest BCUT2D eigenvalue weighted by molar-refractivity contribution is 6.17. The molecule has 0 aliphatic carbocycles. The normalized spacial score (nSPS) is 16.0. The smallest absolute Gasteiger partial charge is 0.378 e. The summed E-state index contributed by atoms with van der Waals surface area (Å²) in [6.45, 7) is -4.73. The Kier molecular flexibility index (Phi) is 11.3. The van der Waals surface area contributed by atoms with Crippen molar-refractivity contribution >= 4 is 11.6 Å². The van der Waals surface area contributed by atoms with Crippen LogP contribution in [0.5, 0.6) is 0 Å². The number of halogens is 17. The molecule has 35 heavy (non-hydrogen) atoms. The van der Waals surface area contributed by atoms with Gasteiger partial charge in [-0.05, 0) is 6.42 Å². The summed E-state index contributed by atoms with van der Waals surface area (Å²) in [7, 11) is 0. The van der Waals surface area contributed by atoms with Crippen molar-refractivity contribution < 1.29 is 89.2 Å². The van der Waals surface area contributed by atoms with E-state index in [1.165, 1.54) is 4.74 Å². The SMILES string of the molecule is F[C@@H](COCCCCl)COCC(F)(F)OC(F)(F)C(F)(F)OC(F)(F)C(F)(F)C(F)(F)C(F)(F)F. The largest absolute Gasteiger partial charge is 0.460 e. The highest BCUT2D eigenvalue weighted by Gasteiger charge is 2.85. The Morgan fingerprint density at radius 3 is 1.51 bits per heavy atom. The molecule has 0 spiro atoms. The lowest BCUT2D eigenvalue weighted by Crippen LogP contribution is -2.64. The molecule has 0 aliphatic rings. The molecule has 0 aromatic rings. The van der Waals surface area contributed by atoms with E-state index in [1.54, 1.807) is 0 Å². The molecule has 0 aromatic carbocycles. The summed E-state index contributed by atoms with van der Waals surface area (Å²) >= 11 is 5.25. The van der Waals surface area contributed by atoms with Crippen LogP contribution >= 0.6 is 11.6 Å². The van der Waals surface area contributed by atoms with Gasteiger partial charge in [0.1, 0.15) is 12.8 Å². The summed E-state index contributed by atoms with van der Waals surface area (Å²) < 4.78 is 218. The van der Waals surface area contributed by atoms with E-state index >= 15 is 0 Å². The molecular weight excluding hydrogens is 572 g/mol. The van der Waals surface area contributed by atoms with E-state index in [4.69, 9.17) is 11.6 Å². The first-order valence-electron chi connectivity index (χ1n) is 8.46. The lowest BCUT2D eigenvalue weighted by molar-refractivity contribution is -0.543. The van der Waals surface area contributed by atoms with Gasteiger partial charge < -0.3 is 9.47 Å². The van der Waals surface area contributed by atoms with Gasteiger partial charge in [-0.1, -0.05) is 0 Å². The third-order valence-electron chi connectivity index (χ3n) is 3.28. The van der Waals surface area contributed by atoms with Crippen molar-refractivity contribution in [3.63, 3.8) is 0 Å². The van der Waals surface area contributed by atoms with Crippen molar-refractivity contribution in [2.75, 3.05) is 32.3 Å². The predicted octanol–water partition coefficient (Wildman–Crippen LogP) is 6.22. The predicted molar refractivity (Wildman–Crippen MR) is 79.8 cm³/mol. The average molecular weight is 585 g/mol. The second-order valence-corrected chi connectivity index (χ2v) is 6.65. The minimum Gasteiger partial charge on any atom is -0.378 e. The number of hydrogen-bond donors (Lipinski definition) is 0. The fourth-order valence-corrected chi connectivity index (χ4v) is 1.75. The maximum atomic E-state index is 13.3. The third-order valence-corrected chi connectivity index (χ3v) is 3.55. The van der Waals surface area contributed by atoms with E-state index in [-0.39, 0.29) is 18.9 Å². The molecule has 0 rings (SSSR count). The highest BCUT2D eigenvalue weighted by Crippen LogP contribution is 2.55. The summed E-state index contributed by atoms with van der Waals surface area (Å²) in [5.74, 6) is -15.6. The molecule has 0 bridgehead atoms. The number of rotatable bonds is 16. The van der Waals surface area contributed by atoms with Gasteiger partial charge in [0.15, 0.2) is 0 Å². The summed E-state index contributed by atoms with van der Waals surface area (Å²) in [4.78, 5) is 0. The van der Waals surface area contributed by atoms with Crippen LogP contribution in [0.3, 0.4) is 0 Å². The van der Waals surface area contributed by atoms with Gasteiger partial charge >= 0.3 is 42.5 Å². The van der Waals surface area contributed by atoms with Crippen LogP contribution in [0.1, 0.15) is 6.42 Å². The van der Waals surface area contributed by atoms with Crippen molar-refractivity contribution in [3.8, 4) is 0 Å². The van der Waals surface area contributed by atoms with Crippen molar-refractivity contribution in [2.45, 2.75) is 55.0 Å². The molecule has 0 radical (unpaired) electrons. The molecule has 0 heterocycles. The van der Waals surface area contributed by atoms with Crippen LogP contribution in [0.4, 0.5) is 70.2 Å². The molecule has 0 saturated heterocycles. The Bertz CT molecular complexity index is 657. The van der Waals surface area contributed by atoms with Gasteiger partial charge in [-0.15, -0.1) is 11.6 Å². The molecule has 4 nitrogen and oxygen atoms in total. The van der Waals surface area contributed by atoms with Crippen LogP contribution in [-0.2, 0) is 18.9 Å². The van der Waals surface area contributed by atoms with Gasteiger partial charge in [0.05, 0.1) is 13.2 Å². The van der Waals surface area contributed by atoms with Gasteiger partial charge in [0.25, 0.3) is 0 Å². The second kappa shape index (κ2) is 11.6. The molecule has 21 heteroatoms. The van der Waals surface area contributed by atoms with Crippen molar-refractivity contribution in [2.24, 2.45) is 0 Å². The van der Waals surface area contributed by atoms with Crippen LogP contribution < -0.4 is 0 Å². The average Bonchev–Trinajstić information content (AvgIpc) is 2.62. The molecule has 0 fully saturated rings. The Morgan fingerprint density at radius 1 is 0.600 bits per heavy atom. The Hall–Kier alpha value is -0.990. The van der Waals surface area contributed by atoms with Crippen molar-refractivity contribution in [1.29, 1.82) is 0 Å². The lowest BCUT2D eigenvalue weighted by Gasteiger charge is -2.36. The zero-order valence-electron chi connectivity index (χ0n) is 16.4. The summed E-state index contributed by atoms with van der Waals surface area (Å²) in [5.41, 5.74) is 0. The molecule has 0 saturated carbocycles. The number of alkyl halides is 17. The van der Waals surface area contributed by atoms with Crippen LogP contribution in [0, 0.1) is 0 Å². The zero-order valence-corrected chi connectivity index (χ0v) is 17.1. The first-order valence-corrected chi connectivity index (χ1v) is 9.00. The fraction of sp³-hybridized carbons (Fsp3) is 1.00. The van der Waals surface area contributed by atoms with E-state index in [0.29, 0.717) is 0 Å². The van der Waals surface area contributed by atoms with E-state index in [2.05, 4.69) is 14.2 Å². The maximum Gasteiger partial charge on any atom is 0.460 e. The lowest BCUT2D eigenvalue weighted by atomic mass is 10.1. The summed E-state index contributed by atoms with van der Waals surface area (Å²) in [6.07, 6.45) is -37.2. The minimum atomic E-state index is -7.94. The molecule has 0 amide bonds. The Morgan fingerprint density at radius 2 is 1.06 bits per heavy atom. The molecule has 0 aromatic heterocycles. The minimum absolute atomic E-state index is 0.0942. The van der Waals surface area contributed by atoms with E-state index in [0.717, 1.165) is 0 Å². The molecular formula is C14H13ClF16O4. The van der Waals surface area contributed by atoms with E-state index < -0.39 is 68.4 Å². The van der Waals surface area contributed by atoms with Crippen molar-refractivity contribution in [1.82, 2.24) is 0 Å². The van der Waals surface area contributed by atoms with Crippen LogP contribution in [-0.4, -0.2) is 80.9 Å². The van der Waals surface area contributed by atoms with Crippen LogP contribution in [0.25, 0.3) is 0 Å². The highest BCUT2D eigenvalue weighted by atomic mass is 35.5. The van der Waals surface area contributed by atoms with Crippen LogP contribution in [0.2, 0.25) is 0 Å². The molecule has 212 valence electrons. The standard InChI is InChI=1S/C14H13ClF16O4/c15-2-1-3-32-4-7(16)5-33-6-8(17,18)34-13(28,29)14(30,31)35-12(26,27)10(21,22)9(19,20)11(23,24)25/h7H,1-6H2/t7-/m0/s1. The molecule has 0 unspecified atom stereocenters. The van der Waals surface area contributed by atoms with Gasteiger partial charge in [-0.3, -0.25) is 0 Å². The summed E-state index contributed by atoms with van der Waals surface area (Å²) in [5, 5.41) is 0. The van der Waals surface area contributed by atoms with Crippen LogP contribution in [0.15, 0.2) is 0 Å². The maximum absolute atomic E-state index is 13.3. The first-order chi connectivity index (χ1) is 15.4. The topological polar surface area (TPSA) is 36.9 Å². The molecule has 1 atom stereocenters. The zero-order chi connectivity index (χ0) is 28.1. The van der Waals surface area contributed by atoms with Gasteiger partial charge in [0.2, 0.25) is 0 Å². The number of ether oxygens (including phenoxy) is 4. The van der Waals surface area contributed by atoms with Gasteiger partial charge in [-0.25, -0.2) is 13.9 Å². The molecule has 0 N–H and O–H groups in total. The monoisotopic (exact) mass is 584 g/mol. The quantitative estimate of drug-likeness (QED) is 0.123. The van der Waals surface area contributed by atoms with E-state index in [9.17, 15) is 70.2 Å². The number of hydrogen-bond acceptors (Lipinski definition) is 4. The van der Waals surface area contributed by atoms with Gasteiger partial charge in [0, 0.05) is 12.5 Å². The van der Waals surface area contributed by atoms with Crippen molar-refractivity contribution in [3.05, 3.63) is 0 Å².